The Morgan fingerprint density at radius 2 is 1.65 bits per heavy atom. The fourth-order valence-corrected chi connectivity index (χ4v) is 3.31. The van der Waals surface area contributed by atoms with Crippen LogP contribution in [0.2, 0.25) is 0 Å². The quantitative estimate of drug-likeness (QED) is 0.135. The second-order valence-electron chi connectivity index (χ2n) is 6.39. The summed E-state index contributed by atoms with van der Waals surface area (Å²) in [5, 5.41) is 3.95. The molecule has 0 spiro atoms. The van der Waals surface area contributed by atoms with Gasteiger partial charge >= 0.3 is 5.97 Å². The fraction of sp³-hybridized carbons (Fsp3) is 0.0870. The van der Waals surface area contributed by atoms with Gasteiger partial charge in [-0.3, -0.25) is 4.79 Å². The average Bonchev–Trinajstić information content (AvgIpc) is 2.76. The summed E-state index contributed by atoms with van der Waals surface area (Å²) in [6.45, 7) is 1.64. The number of amides is 1. The zero-order chi connectivity index (χ0) is 22.2. The van der Waals surface area contributed by atoms with E-state index in [9.17, 15) is 9.59 Å². The molecule has 6 nitrogen and oxygen atoms in total. The van der Waals surface area contributed by atoms with Gasteiger partial charge in [-0.05, 0) is 95.7 Å². The number of hydrogen-bond donors (Lipinski definition) is 1. The number of hydrazone groups is 1. The maximum atomic E-state index is 12.3. The molecule has 0 heterocycles. The van der Waals surface area contributed by atoms with E-state index in [1.807, 2.05) is 24.3 Å². The van der Waals surface area contributed by atoms with Gasteiger partial charge in [-0.15, -0.1) is 0 Å². The highest BCUT2D eigenvalue weighted by atomic mass is 127. The molecule has 8 heteroatoms. The number of nitrogens with one attached hydrogen (secondary N) is 1. The van der Waals surface area contributed by atoms with E-state index in [4.69, 9.17) is 9.47 Å². The summed E-state index contributed by atoms with van der Waals surface area (Å²) in [6.07, 6.45) is 0.789. The van der Waals surface area contributed by atoms with Crippen molar-refractivity contribution < 1.29 is 19.1 Å². The Morgan fingerprint density at radius 3 is 2.32 bits per heavy atom. The van der Waals surface area contributed by atoms with Crippen LogP contribution in [-0.4, -0.2) is 24.2 Å². The molecule has 3 rings (SSSR count). The first-order valence-corrected chi connectivity index (χ1v) is 11.1. The Bertz CT molecular complexity index is 1090. The molecule has 3 aromatic carbocycles. The van der Waals surface area contributed by atoms with Crippen LogP contribution < -0.4 is 14.9 Å². The molecular weight excluding hydrogens is 575 g/mol. The Kier molecular flexibility index (Phi) is 8.19. The van der Waals surface area contributed by atoms with Crippen molar-refractivity contribution in [2.75, 3.05) is 0 Å². The molecule has 1 atom stereocenters. The number of benzene rings is 3. The molecule has 0 saturated heterocycles. The number of nitrogens with zero attached hydrogens (tertiary/aromatic N) is 1. The largest absolute Gasteiger partial charge is 0.481 e. The highest BCUT2D eigenvalue weighted by molar-refractivity contribution is 14.1. The standard InChI is InChI=1S/C23H18BrIN2O4/c1-15(30-18-12-8-17(24)9-13-18)22(28)27-26-14-16-6-10-19(11-7-16)31-23(29)20-4-2-3-5-21(20)25/h2-15H,1H3,(H,27,28)/b26-14-/t15-/m0/s1. The summed E-state index contributed by atoms with van der Waals surface area (Å²) < 4.78 is 12.7. The second kappa shape index (κ2) is 11.1. The van der Waals surface area contributed by atoms with E-state index in [2.05, 4.69) is 49.0 Å². The van der Waals surface area contributed by atoms with Crippen molar-refractivity contribution in [3.8, 4) is 11.5 Å². The lowest BCUT2D eigenvalue weighted by Gasteiger charge is -2.12. The van der Waals surface area contributed by atoms with Crippen LogP contribution in [0.25, 0.3) is 0 Å². The molecular formula is C23H18BrIN2O4. The molecule has 0 fully saturated rings. The van der Waals surface area contributed by atoms with Gasteiger partial charge < -0.3 is 9.47 Å². The predicted molar refractivity (Wildman–Crippen MR) is 131 cm³/mol. The van der Waals surface area contributed by atoms with Crippen LogP contribution in [0.3, 0.4) is 0 Å². The average molecular weight is 593 g/mol. The topological polar surface area (TPSA) is 77.0 Å². The van der Waals surface area contributed by atoms with Crippen molar-refractivity contribution in [2.45, 2.75) is 13.0 Å². The lowest BCUT2D eigenvalue weighted by Crippen LogP contribution is -2.33. The number of halogens is 2. The number of carbonyl (C=O) groups is 2. The third-order valence-electron chi connectivity index (χ3n) is 4.07. The minimum atomic E-state index is -0.708. The summed E-state index contributed by atoms with van der Waals surface area (Å²) in [7, 11) is 0. The first kappa shape index (κ1) is 23.0. The third kappa shape index (κ3) is 6.90. The highest BCUT2D eigenvalue weighted by Crippen LogP contribution is 2.18. The van der Waals surface area contributed by atoms with Gasteiger partial charge in [0.15, 0.2) is 6.10 Å². The number of ether oxygens (including phenoxy) is 2. The molecule has 0 unspecified atom stereocenters. The Balaban J connectivity index is 1.51. The molecule has 158 valence electrons. The molecule has 0 bridgehead atoms. The van der Waals surface area contributed by atoms with E-state index in [0.717, 1.165) is 13.6 Å². The lowest BCUT2D eigenvalue weighted by molar-refractivity contribution is -0.127. The van der Waals surface area contributed by atoms with Crippen LogP contribution in [0.5, 0.6) is 11.5 Å². The highest BCUT2D eigenvalue weighted by Gasteiger charge is 2.14. The number of esters is 1. The minimum absolute atomic E-state index is 0.373. The van der Waals surface area contributed by atoms with Gasteiger partial charge in [0.2, 0.25) is 0 Å². The zero-order valence-corrected chi connectivity index (χ0v) is 20.2. The zero-order valence-electron chi connectivity index (χ0n) is 16.4. The molecule has 0 saturated carbocycles. The van der Waals surface area contributed by atoms with E-state index in [1.165, 1.54) is 6.21 Å². The number of carbonyl (C=O) groups excluding carboxylic acids is 2. The first-order valence-electron chi connectivity index (χ1n) is 9.24. The van der Waals surface area contributed by atoms with E-state index in [-0.39, 0.29) is 5.91 Å². The third-order valence-corrected chi connectivity index (χ3v) is 5.54. The van der Waals surface area contributed by atoms with Crippen molar-refractivity contribution in [1.82, 2.24) is 5.43 Å². The van der Waals surface area contributed by atoms with Crippen LogP contribution >= 0.6 is 38.5 Å². The number of rotatable bonds is 7. The molecule has 3 aromatic rings. The summed E-state index contributed by atoms with van der Waals surface area (Å²) in [5.74, 6) is 0.216. The Hall–Kier alpha value is -2.72. The van der Waals surface area contributed by atoms with Crippen LogP contribution in [0.1, 0.15) is 22.8 Å². The molecule has 0 aliphatic rings. The maximum absolute atomic E-state index is 12.3. The molecule has 0 aliphatic carbocycles. The molecule has 31 heavy (non-hydrogen) atoms. The van der Waals surface area contributed by atoms with Crippen molar-refractivity contribution in [3.63, 3.8) is 0 Å². The van der Waals surface area contributed by atoms with E-state index < -0.39 is 12.1 Å². The minimum Gasteiger partial charge on any atom is -0.481 e. The van der Waals surface area contributed by atoms with Gasteiger partial charge in [0.05, 0.1) is 11.8 Å². The first-order chi connectivity index (χ1) is 14.9. The normalized spacial score (nSPS) is 11.7. The van der Waals surface area contributed by atoms with Crippen LogP contribution in [-0.2, 0) is 4.79 Å². The van der Waals surface area contributed by atoms with Crippen molar-refractivity contribution in [3.05, 3.63) is 92.0 Å². The Labute approximate surface area is 201 Å². The van der Waals surface area contributed by atoms with Gasteiger partial charge in [-0.25, -0.2) is 10.2 Å². The molecule has 1 amide bonds. The fourth-order valence-electron chi connectivity index (χ4n) is 2.44. The number of hydrogen-bond acceptors (Lipinski definition) is 5. The van der Waals surface area contributed by atoms with Crippen LogP contribution in [0, 0.1) is 3.57 Å². The van der Waals surface area contributed by atoms with Gasteiger partial charge in [-0.1, -0.05) is 28.1 Å². The lowest BCUT2D eigenvalue weighted by atomic mass is 10.2. The van der Waals surface area contributed by atoms with Crippen molar-refractivity contribution in [1.29, 1.82) is 0 Å². The van der Waals surface area contributed by atoms with Gasteiger partial charge in [0.1, 0.15) is 11.5 Å². The molecule has 0 aromatic heterocycles. The summed E-state index contributed by atoms with van der Waals surface area (Å²) in [6, 6.07) is 21.2. The molecule has 0 radical (unpaired) electrons. The SMILES string of the molecule is C[C@H](Oc1ccc(Br)cc1)C(=O)N/N=C\c1ccc(OC(=O)c2ccccc2I)cc1. The monoisotopic (exact) mass is 592 g/mol. The van der Waals surface area contributed by atoms with Crippen molar-refractivity contribution >= 4 is 56.6 Å². The van der Waals surface area contributed by atoms with Gasteiger partial charge in [0, 0.05) is 8.04 Å². The summed E-state index contributed by atoms with van der Waals surface area (Å²) >= 11 is 5.44. The summed E-state index contributed by atoms with van der Waals surface area (Å²) in [5.41, 5.74) is 3.69. The maximum Gasteiger partial charge on any atom is 0.344 e. The molecule has 0 aliphatic heterocycles. The second-order valence-corrected chi connectivity index (χ2v) is 8.46. The summed E-state index contributed by atoms with van der Waals surface area (Å²) in [4.78, 5) is 24.4. The van der Waals surface area contributed by atoms with Gasteiger partial charge in [0.25, 0.3) is 5.91 Å². The predicted octanol–water partition coefficient (Wildman–Crippen LogP) is 5.19. The Morgan fingerprint density at radius 1 is 1.00 bits per heavy atom. The smallest absolute Gasteiger partial charge is 0.344 e. The molecule has 1 N–H and O–H groups in total. The van der Waals surface area contributed by atoms with Crippen LogP contribution in [0.4, 0.5) is 0 Å². The van der Waals surface area contributed by atoms with Crippen LogP contribution in [0.15, 0.2) is 82.4 Å². The van der Waals surface area contributed by atoms with E-state index in [0.29, 0.717) is 17.1 Å². The van der Waals surface area contributed by atoms with E-state index >= 15 is 0 Å². The van der Waals surface area contributed by atoms with Crippen molar-refractivity contribution in [2.24, 2.45) is 5.10 Å². The van der Waals surface area contributed by atoms with Gasteiger partial charge in [-0.2, -0.15) is 5.10 Å². The van der Waals surface area contributed by atoms with E-state index in [1.54, 1.807) is 55.5 Å².